The van der Waals surface area contributed by atoms with E-state index in [1.807, 2.05) is 12.1 Å². The van der Waals surface area contributed by atoms with Gasteiger partial charge in [0.25, 0.3) is 0 Å². The highest BCUT2D eigenvalue weighted by Gasteiger charge is 2.02. The van der Waals surface area contributed by atoms with Crippen molar-refractivity contribution in [3.05, 3.63) is 71.8 Å². The molecule has 0 saturated carbocycles. The highest BCUT2D eigenvalue weighted by atomic mass is 31.1. The van der Waals surface area contributed by atoms with Crippen LogP contribution in [0.4, 0.5) is 0 Å². The monoisotopic (exact) mass is 285 g/mol. The normalized spacial score (nSPS) is 10.4. The van der Waals surface area contributed by atoms with Crippen molar-refractivity contribution in [3.8, 4) is 0 Å². The molecule has 0 spiro atoms. The van der Waals surface area contributed by atoms with Gasteiger partial charge in [0.15, 0.2) is 0 Å². The van der Waals surface area contributed by atoms with Crippen LogP contribution in [0.3, 0.4) is 0 Å². The summed E-state index contributed by atoms with van der Waals surface area (Å²) in [6, 6.07) is 20.9. The van der Waals surface area contributed by atoms with Crippen LogP contribution in [0.25, 0.3) is 0 Å². The molecular formula is C18H22OP. The summed E-state index contributed by atoms with van der Waals surface area (Å²) in [5.74, 6) is 0. The second-order valence-electron chi connectivity index (χ2n) is 5.11. The molecule has 0 amide bonds. The van der Waals surface area contributed by atoms with E-state index >= 15 is 0 Å². The van der Waals surface area contributed by atoms with Crippen LogP contribution in [0.2, 0.25) is 0 Å². The summed E-state index contributed by atoms with van der Waals surface area (Å²) < 4.78 is 12.0. The topological polar surface area (TPSA) is 17.1 Å². The fourth-order valence-electron chi connectivity index (χ4n) is 2.32. The van der Waals surface area contributed by atoms with Gasteiger partial charge < -0.3 is 0 Å². The Kier molecular flexibility index (Phi) is 6.47. The third-order valence-electron chi connectivity index (χ3n) is 3.43. The quantitative estimate of drug-likeness (QED) is 0.618. The summed E-state index contributed by atoms with van der Waals surface area (Å²) in [5.41, 5.74) is 2.69. The van der Waals surface area contributed by atoms with Crippen molar-refractivity contribution in [1.82, 2.24) is 0 Å². The van der Waals surface area contributed by atoms with Crippen LogP contribution in [0.15, 0.2) is 60.7 Å². The molecule has 2 rings (SSSR count). The molecule has 0 saturated heterocycles. The van der Waals surface area contributed by atoms with Crippen LogP contribution in [-0.2, 0) is 17.4 Å². The first kappa shape index (κ1) is 14.9. The predicted molar refractivity (Wildman–Crippen MR) is 86.9 cm³/mol. The van der Waals surface area contributed by atoms with Crippen molar-refractivity contribution in [2.75, 3.05) is 12.3 Å². The molecule has 0 heterocycles. The molecule has 2 aromatic rings. The lowest BCUT2D eigenvalue weighted by Crippen LogP contribution is -1.91. The number of hydrogen-bond acceptors (Lipinski definition) is 1. The van der Waals surface area contributed by atoms with Gasteiger partial charge in [-0.25, -0.2) is 0 Å². The van der Waals surface area contributed by atoms with E-state index in [9.17, 15) is 4.57 Å². The molecule has 0 unspecified atom stereocenters. The second kappa shape index (κ2) is 8.66. The number of hydrogen-bond donors (Lipinski definition) is 0. The third kappa shape index (κ3) is 5.67. The van der Waals surface area contributed by atoms with Gasteiger partial charge in [0.1, 0.15) is 0 Å². The molecule has 105 valence electrons. The summed E-state index contributed by atoms with van der Waals surface area (Å²) in [7, 11) is -1.02. The molecule has 0 N–H and O–H groups in total. The van der Waals surface area contributed by atoms with E-state index in [2.05, 4.69) is 48.5 Å². The maximum absolute atomic E-state index is 12.0. The Morgan fingerprint density at radius 2 is 1.05 bits per heavy atom. The van der Waals surface area contributed by atoms with Crippen molar-refractivity contribution in [1.29, 1.82) is 0 Å². The largest absolute Gasteiger partial charge is 0.287 e. The Bertz CT molecular complexity index is 460. The average Bonchev–Trinajstić information content (AvgIpc) is 2.49. The Morgan fingerprint density at radius 1 is 0.650 bits per heavy atom. The van der Waals surface area contributed by atoms with E-state index in [1.165, 1.54) is 11.1 Å². The van der Waals surface area contributed by atoms with Gasteiger partial charge in [-0.3, -0.25) is 4.57 Å². The SMILES string of the molecule is O=[P](CCCc1ccccc1)CCCc1ccccc1. The minimum atomic E-state index is -1.02. The molecule has 20 heavy (non-hydrogen) atoms. The van der Waals surface area contributed by atoms with Gasteiger partial charge in [-0.2, -0.15) is 0 Å². The van der Waals surface area contributed by atoms with Gasteiger partial charge >= 0.3 is 0 Å². The average molecular weight is 285 g/mol. The van der Waals surface area contributed by atoms with Crippen LogP contribution < -0.4 is 0 Å². The van der Waals surface area contributed by atoms with Crippen LogP contribution in [0.1, 0.15) is 24.0 Å². The summed E-state index contributed by atoms with van der Waals surface area (Å²) in [6.45, 7) is 0. The zero-order valence-corrected chi connectivity index (χ0v) is 12.8. The summed E-state index contributed by atoms with van der Waals surface area (Å²) in [6.07, 6.45) is 5.87. The van der Waals surface area contributed by atoms with E-state index in [4.69, 9.17) is 0 Å². The van der Waals surface area contributed by atoms with E-state index in [0.29, 0.717) is 0 Å². The van der Waals surface area contributed by atoms with E-state index < -0.39 is 7.80 Å². The molecule has 0 aliphatic rings. The van der Waals surface area contributed by atoms with Gasteiger partial charge in [-0.1, -0.05) is 60.7 Å². The Hall–Kier alpha value is -1.46. The first-order valence-electron chi connectivity index (χ1n) is 7.34. The second-order valence-corrected chi connectivity index (χ2v) is 6.97. The molecule has 0 aliphatic carbocycles. The lowest BCUT2D eigenvalue weighted by molar-refractivity contribution is 0.584. The Balaban J connectivity index is 1.59. The number of aryl methyl sites for hydroxylation is 2. The zero-order valence-electron chi connectivity index (χ0n) is 11.9. The fourth-order valence-corrected chi connectivity index (χ4v) is 3.57. The predicted octanol–water partition coefficient (Wildman–Crippen LogP) is 5.08. The first-order chi connectivity index (χ1) is 9.84. The highest BCUT2D eigenvalue weighted by Crippen LogP contribution is 2.24. The lowest BCUT2D eigenvalue weighted by Gasteiger charge is -2.03. The van der Waals surface area contributed by atoms with Crippen LogP contribution in [0.5, 0.6) is 0 Å². The van der Waals surface area contributed by atoms with E-state index in [1.54, 1.807) is 0 Å². The van der Waals surface area contributed by atoms with Crippen molar-refractivity contribution < 1.29 is 4.57 Å². The molecule has 0 aliphatic heterocycles. The number of rotatable bonds is 8. The van der Waals surface area contributed by atoms with Gasteiger partial charge in [0.05, 0.1) is 7.80 Å². The van der Waals surface area contributed by atoms with Crippen molar-refractivity contribution in [2.24, 2.45) is 0 Å². The van der Waals surface area contributed by atoms with Crippen LogP contribution in [-0.4, -0.2) is 12.3 Å². The minimum absolute atomic E-state index is 0.860. The molecule has 0 bridgehead atoms. The maximum atomic E-state index is 12.0. The zero-order chi connectivity index (χ0) is 14.0. The smallest absolute Gasteiger partial charge is 0.0718 e. The molecule has 1 nitrogen and oxygen atoms in total. The van der Waals surface area contributed by atoms with Gasteiger partial charge in [-0.05, 0) is 36.8 Å². The van der Waals surface area contributed by atoms with Crippen molar-refractivity contribution in [3.63, 3.8) is 0 Å². The summed E-state index contributed by atoms with van der Waals surface area (Å²) in [5, 5.41) is 0. The Labute approximate surface area is 122 Å². The number of benzene rings is 2. The third-order valence-corrected chi connectivity index (χ3v) is 5.06. The van der Waals surface area contributed by atoms with Gasteiger partial charge in [-0.15, -0.1) is 0 Å². The highest BCUT2D eigenvalue weighted by molar-refractivity contribution is 7.44. The molecule has 1 radical (unpaired) electrons. The van der Waals surface area contributed by atoms with E-state index in [0.717, 1.165) is 38.0 Å². The molecule has 0 atom stereocenters. The standard InChI is InChI=1S/C18H22OP/c19-20(15-7-13-17-9-3-1-4-10-17)16-8-14-18-11-5-2-6-12-18/h1-6,9-12H,7-8,13-16H2. The molecule has 2 heteroatoms. The lowest BCUT2D eigenvalue weighted by atomic mass is 10.1. The Morgan fingerprint density at radius 3 is 1.45 bits per heavy atom. The van der Waals surface area contributed by atoms with Gasteiger partial charge in [0.2, 0.25) is 0 Å². The first-order valence-corrected chi connectivity index (χ1v) is 8.97. The van der Waals surface area contributed by atoms with Crippen molar-refractivity contribution >= 4 is 7.80 Å². The molecule has 0 fully saturated rings. The van der Waals surface area contributed by atoms with E-state index in [-0.39, 0.29) is 0 Å². The summed E-state index contributed by atoms with van der Waals surface area (Å²) >= 11 is 0. The van der Waals surface area contributed by atoms with Crippen LogP contribution >= 0.6 is 7.80 Å². The van der Waals surface area contributed by atoms with Crippen LogP contribution in [0, 0.1) is 0 Å². The van der Waals surface area contributed by atoms with Crippen molar-refractivity contribution in [2.45, 2.75) is 25.7 Å². The molecular weight excluding hydrogens is 263 g/mol. The molecule has 0 aromatic heterocycles. The molecule has 2 aromatic carbocycles. The fraction of sp³-hybridized carbons (Fsp3) is 0.333. The maximum Gasteiger partial charge on any atom is 0.0718 e. The minimum Gasteiger partial charge on any atom is -0.287 e. The summed E-state index contributed by atoms with van der Waals surface area (Å²) in [4.78, 5) is 0. The van der Waals surface area contributed by atoms with Gasteiger partial charge in [0, 0.05) is 12.3 Å².